The fourth-order valence-corrected chi connectivity index (χ4v) is 7.06. The van der Waals surface area contributed by atoms with Crippen molar-refractivity contribution in [2.75, 3.05) is 12.3 Å². The van der Waals surface area contributed by atoms with Crippen LogP contribution in [0.2, 0.25) is 0 Å². The SMILES string of the molecule is CC(C)[C@H](NC(=O)[C@H](CCC(N)=O)NC(=O)[C@@H](N)Cc1ccccc1)C(=O)N[C@H](C(=O)N[C@@H](CSSc1ncccc1[N+](=O)[O-])C(=O)NCC(N)=O)C(C)C. The summed E-state index contributed by atoms with van der Waals surface area (Å²) in [7, 11) is 1.87. The molecule has 0 spiro atoms. The molecule has 2 rings (SSSR count). The summed E-state index contributed by atoms with van der Waals surface area (Å²) in [5.41, 5.74) is 17.1. The van der Waals surface area contributed by atoms with Gasteiger partial charge in [-0.2, -0.15) is 0 Å². The molecule has 0 bridgehead atoms. The van der Waals surface area contributed by atoms with E-state index < -0.39 is 94.9 Å². The Morgan fingerprint density at radius 1 is 0.764 bits per heavy atom. The highest BCUT2D eigenvalue weighted by Crippen LogP contribution is 2.35. The molecule has 1 heterocycles. The second kappa shape index (κ2) is 22.8. The molecule has 19 nitrogen and oxygen atoms in total. The Hall–Kier alpha value is -5.28. The summed E-state index contributed by atoms with van der Waals surface area (Å²) in [6.45, 7) is 6.01. The second-order valence-corrected chi connectivity index (χ2v) is 15.4. The lowest BCUT2D eigenvalue weighted by Gasteiger charge is -2.29. The molecule has 2 aromatic rings. The lowest BCUT2D eigenvalue weighted by Crippen LogP contribution is -2.61. The van der Waals surface area contributed by atoms with Crippen LogP contribution in [-0.4, -0.2) is 93.8 Å². The molecule has 1 aromatic carbocycles. The average molecular weight is 805 g/mol. The van der Waals surface area contributed by atoms with Gasteiger partial charge in [0.05, 0.1) is 17.5 Å². The topological polar surface area (TPSA) is 314 Å². The smallest absolute Gasteiger partial charge is 0.302 e. The zero-order valence-corrected chi connectivity index (χ0v) is 32.4. The zero-order chi connectivity index (χ0) is 41.2. The van der Waals surface area contributed by atoms with Crippen molar-refractivity contribution in [3.8, 4) is 0 Å². The molecule has 11 N–H and O–H groups in total. The first-order valence-corrected chi connectivity index (χ1v) is 19.5. The number of benzene rings is 1. The molecule has 21 heteroatoms. The van der Waals surface area contributed by atoms with Crippen LogP contribution in [-0.2, 0) is 40.0 Å². The van der Waals surface area contributed by atoms with Gasteiger partial charge in [-0.3, -0.25) is 43.7 Å². The molecule has 0 unspecified atom stereocenters. The molecule has 55 heavy (non-hydrogen) atoms. The molecular formula is C34H48N10O9S2. The van der Waals surface area contributed by atoms with Crippen molar-refractivity contribution in [3.63, 3.8) is 0 Å². The first-order chi connectivity index (χ1) is 25.9. The largest absolute Gasteiger partial charge is 0.370 e. The van der Waals surface area contributed by atoms with E-state index in [-0.39, 0.29) is 35.7 Å². The summed E-state index contributed by atoms with van der Waals surface area (Å²) in [6.07, 6.45) is 1.09. The highest BCUT2D eigenvalue weighted by molar-refractivity contribution is 8.76. The van der Waals surface area contributed by atoms with Crippen LogP contribution in [0.3, 0.4) is 0 Å². The lowest BCUT2D eigenvalue weighted by molar-refractivity contribution is -0.388. The maximum atomic E-state index is 13.7. The van der Waals surface area contributed by atoms with Crippen LogP contribution in [0.15, 0.2) is 53.7 Å². The number of carbonyl (C=O) groups is 7. The van der Waals surface area contributed by atoms with Gasteiger partial charge in [-0.25, -0.2) is 4.98 Å². The third-order valence-electron chi connectivity index (χ3n) is 7.83. The number of carbonyl (C=O) groups excluding carboxylic acids is 7. The number of aromatic nitrogens is 1. The van der Waals surface area contributed by atoms with E-state index in [4.69, 9.17) is 17.2 Å². The molecule has 5 atom stereocenters. The fraction of sp³-hybridized carbons (Fsp3) is 0.471. The van der Waals surface area contributed by atoms with Crippen molar-refractivity contribution in [2.24, 2.45) is 29.0 Å². The van der Waals surface area contributed by atoms with E-state index in [0.717, 1.165) is 27.2 Å². The maximum Gasteiger partial charge on any atom is 0.302 e. The normalized spacial score (nSPS) is 13.7. The minimum Gasteiger partial charge on any atom is -0.370 e. The van der Waals surface area contributed by atoms with Crippen LogP contribution < -0.4 is 43.8 Å². The number of pyridine rings is 1. The van der Waals surface area contributed by atoms with E-state index in [2.05, 4.69) is 31.6 Å². The Morgan fingerprint density at radius 2 is 1.35 bits per heavy atom. The number of rotatable bonds is 23. The van der Waals surface area contributed by atoms with E-state index >= 15 is 0 Å². The van der Waals surface area contributed by atoms with Crippen LogP contribution in [0.5, 0.6) is 0 Å². The summed E-state index contributed by atoms with van der Waals surface area (Å²) in [5, 5.41) is 24.1. The van der Waals surface area contributed by atoms with E-state index in [0.29, 0.717) is 0 Å². The zero-order valence-electron chi connectivity index (χ0n) is 30.8. The Bertz CT molecular complexity index is 1680. The van der Waals surface area contributed by atoms with E-state index in [9.17, 15) is 43.7 Å². The van der Waals surface area contributed by atoms with Crippen LogP contribution in [0, 0.1) is 22.0 Å². The highest BCUT2D eigenvalue weighted by atomic mass is 33.1. The standard InChI is InChI=1S/C34H48N10O9S2/c1-18(2)27(32(50)41-23(30(48)39-16-26(37)46)17-54-55-34-24(44(52)53)11-8-14-38-34)43-33(51)28(19(3)4)42-31(49)22(12-13-25(36)45)40-29(47)21(35)15-20-9-6-5-7-10-20/h5-11,14,18-19,21-23,27-28H,12-13,15-17,35H2,1-4H3,(H2,36,45)(H2,37,46)(H,39,48)(H,40,47)(H,41,50)(H,42,49)(H,43,51)/t21-,22-,23-,27-,28-/m0/s1. The molecule has 1 aromatic heterocycles. The lowest BCUT2D eigenvalue weighted by atomic mass is 9.98. The van der Waals surface area contributed by atoms with Gasteiger partial charge in [0.15, 0.2) is 5.03 Å². The number of nitrogens with zero attached hydrogens (tertiary/aromatic N) is 2. The summed E-state index contributed by atoms with van der Waals surface area (Å²) in [5.74, 6) is -6.60. The van der Waals surface area contributed by atoms with Crippen molar-refractivity contribution < 1.29 is 38.5 Å². The Kier molecular flexibility index (Phi) is 19.0. The Morgan fingerprint density at radius 3 is 1.91 bits per heavy atom. The molecule has 0 aliphatic carbocycles. The predicted octanol–water partition coefficient (Wildman–Crippen LogP) is -0.582. The minimum absolute atomic E-state index is 0.0562. The first kappa shape index (κ1) is 45.9. The van der Waals surface area contributed by atoms with E-state index in [1.165, 1.54) is 18.3 Å². The van der Waals surface area contributed by atoms with Gasteiger partial charge in [-0.1, -0.05) is 68.8 Å². The van der Waals surface area contributed by atoms with Gasteiger partial charge in [0.2, 0.25) is 41.4 Å². The monoisotopic (exact) mass is 804 g/mol. The van der Waals surface area contributed by atoms with Crippen LogP contribution in [0.25, 0.3) is 0 Å². The summed E-state index contributed by atoms with van der Waals surface area (Å²) >= 11 is 0. The molecular weight excluding hydrogens is 757 g/mol. The first-order valence-electron chi connectivity index (χ1n) is 17.1. The molecule has 0 fully saturated rings. The van der Waals surface area contributed by atoms with Gasteiger partial charge in [0.25, 0.3) is 0 Å². The van der Waals surface area contributed by atoms with Crippen LogP contribution in [0.4, 0.5) is 5.69 Å². The van der Waals surface area contributed by atoms with Gasteiger partial charge in [-0.15, -0.1) is 0 Å². The molecule has 0 radical (unpaired) electrons. The third kappa shape index (κ3) is 15.9. The van der Waals surface area contributed by atoms with E-state index in [1.54, 1.807) is 52.0 Å². The van der Waals surface area contributed by atoms with Gasteiger partial charge in [-0.05, 0) is 47.1 Å². The number of nitro groups is 1. The third-order valence-corrected chi connectivity index (χ3v) is 10.1. The van der Waals surface area contributed by atoms with Crippen molar-refractivity contribution in [1.29, 1.82) is 0 Å². The van der Waals surface area contributed by atoms with Crippen LogP contribution in [0.1, 0.15) is 46.1 Å². The highest BCUT2D eigenvalue weighted by Gasteiger charge is 2.34. The van der Waals surface area contributed by atoms with E-state index in [1.807, 2.05) is 6.07 Å². The summed E-state index contributed by atoms with van der Waals surface area (Å²) in [4.78, 5) is 105. The van der Waals surface area contributed by atoms with Crippen LogP contribution >= 0.6 is 21.6 Å². The van der Waals surface area contributed by atoms with Crippen molar-refractivity contribution in [3.05, 3.63) is 64.3 Å². The molecule has 0 saturated carbocycles. The molecule has 7 amide bonds. The minimum atomic E-state index is -1.30. The number of hydrogen-bond acceptors (Lipinski definition) is 13. The summed E-state index contributed by atoms with van der Waals surface area (Å²) < 4.78 is 0. The Balaban J connectivity index is 2.21. The Labute approximate surface area is 325 Å². The van der Waals surface area contributed by atoms with Gasteiger partial charge >= 0.3 is 5.69 Å². The number of primary amides is 2. The maximum absolute atomic E-state index is 13.7. The van der Waals surface area contributed by atoms with Crippen molar-refractivity contribution in [1.82, 2.24) is 31.6 Å². The predicted molar refractivity (Wildman–Crippen MR) is 205 cm³/mol. The second-order valence-electron chi connectivity index (χ2n) is 13.0. The van der Waals surface area contributed by atoms with Gasteiger partial charge in [0.1, 0.15) is 24.2 Å². The molecule has 0 aliphatic heterocycles. The number of amides is 7. The average Bonchev–Trinajstić information content (AvgIpc) is 3.12. The molecule has 0 saturated heterocycles. The van der Waals surface area contributed by atoms with Gasteiger partial charge < -0.3 is 43.8 Å². The number of nitrogens with two attached hydrogens (primary N) is 3. The summed E-state index contributed by atoms with van der Waals surface area (Å²) in [6, 6.07) is 5.52. The quantitative estimate of drug-likeness (QED) is 0.0397. The molecule has 0 aliphatic rings. The van der Waals surface area contributed by atoms with Gasteiger partial charge in [0, 0.05) is 24.4 Å². The number of nitrogens with one attached hydrogen (secondary N) is 5. The number of hydrogen-bond donors (Lipinski definition) is 8. The van der Waals surface area contributed by atoms with Crippen molar-refractivity contribution in [2.45, 2.75) is 82.2 Å². The fourth-order valence-electron chi connectivity index (χ4n) is 4.85. The molecule has 300 valence electrons. The van der Waals surface area contributed by atoms with Crippen molar-refractivity contribution >= 4 is 68.6 Å².